The second-order valence-corrected chi connectivity index (χ2v) is 8.46. The van der Waals surface area contributed by atoms with Gasteiger partial charge >= 0.3 is 0 Å². The van der Waals surface area contributed by atoms with E-state index in [1.54, 1.807) is 16.9 Å². The largest absolute Gasteiger partial charge is 0.366 e. The van der Waals surface area contributed by atoms with Gasteiger partial charge in [0.25, 0.3) is 0 Å². The van der Waals surface area contributed by atoms with Crippen LogP contribution in [0, 0.1) is 0 Å². The first kappa shape index (κ1) is 21.2. The van der Waals surface area contributed by atoms with Crippen molar-refractivity contribution in [1.29, 1.82) is 0 Å². The molecule has 4 heterocycles. The Morgan fingerprint density at radius 3 is 2.79 bits per heavy atom. The fraction of sp³-hybridized carbons (Fsp3) is 0.280. The number of aromatic nitrogens is 4. The van der Waals surface area contributed by atoms with Gasteiger partial charge in [-0.15, -0.1) is 0 Å². The van der Waals surface area contributed by atoms with Crippen LogP contribution in [0.15, 0.2) is 67.1 Å². The number of piperidine rings is 1. The lowest BCUT2D eigenvalue weighted by molar-refractivity contribution is -0.131. The molecule has 7 nitrogen and oxygen atoms in total. The highest BCUT2D eigenvalue weighted by atomic mass is 16.2. The zero-order valence-corrected chi connectivity index (χ0v) is 18.4. The molecule has 1 aromatic carbocycles. The summed E-state index contributed by atoms with van der Waals surface area (Å²) in [6, 6.07) is 15.9. The van der Waals surface area contributed by atoms with Crippen LogP contribution < -0.4 is 10.8 Å². The van der Waals surface area contributed by atoms with Crippen molar-refractivity contribution in [2.45, 2.75) is 31.7 Å². The third kappa shape index (κ3) is 4.74. The molecule has 1 aliphatic rings. The number of rotatable bonds is 6. The number of pyridine rings is 1. The minimum atomic E-state index is 0.150. The molecule has 0 spiro atoms. The van der Waals surface area contributed by atoms with Crippen molar-refractivity contribution in [1.82, 2.24) is 24.5 Å². The van der Waals surface area contributed by atoms with Crippen LogP contribution in [0.25, 0.3) is 5.65 Å². The molecule has 8 heteroatoms. The molecule has 1 atom stereocenters. The van der Waals surface area contributed by atoms with Crippen molar-refractivity contribution in [2.24, 2.45) is 0 Å². The highest BCUT2D eigenvalue weighted by Crippen LogP contribution is 2.28. The van der Waals surface area contributed by atoms with Gasteiger partial charge in [-0.1, -0.05) is 36.4 Å². The molecule has 1 unspecified atom stereocenters. The van der Waals surface area contributed by atoms with E-state index >= 15 is 0 Å². The van der Waals surface area contributed by atoms with Crippen molar-refractivity contribution in [3.05, 3.63) is 83.9 Å². The normalized spacial score (nSPS) is 16.1. The van der Waals surface area contributed by atoms with Crippen molar-refractivity contribution in [3.8, 4) is 0 Å². The van der Waals surface area contributed by atoms with E-state index in [0.717, 1.165) is 42.0 Å². The Balaban J connectivity index is 1.37. The van der Waals surface area contributed by atoms with Crippen LogP contribution in [0.4, 0.5) is 5.82 Å². The van der Waals surface area contributed by atoms with E-state index in [1.807, 2.05) is 59.6 Å². The molecule has 2 radical (unpaired) electrons. The Morgan fingerprint density at radius 2 is 1.97 bits per heavy atom. The average Bonchev–Trinajstić information content (AvgIpc) is 3.24. The Hall–Kier alpha value is -3.68. The van der Waals surface area contributed by atoms with Gasteiger partial charge in [0.15, 0.2) is 5.65 Å². The fourth-order valence-electron chi connectivity index (χ4n) is 4.36. The van der Waals surface area contributed by atoms with Gasteiger partial charge in [0.1, 0.15) is 13.7 Å². The van der Waals surface area contributed by atoms with E-state index < -0.39 is 0 Å². The summed E-state index contributed by atoms with van der Waals surface area (Å²) in [7, 11) is 6.16. The summed E-state index contributed by atoms with van der Waals surface area (Å²) < 4.78 is 1.73. The first-order chi connectivity index (χ1) is 16.2. The molecular formula is C25H25BN6O. The number of hydrogen-bond acceptors (Lipinski definition) is 5. The van der Waals surface area contributed by atoms with Gasteiger partial charge in [-0.25, -0.2) is 4.98 Å². The lowest BCUT2D eigenvalue weighted by Gasteiger charge is -2.33. The second kappa shape index (κ2) is 9.44. The lowest BCUT2D eigenvalue weighted by Crippen LogP contribution is -2.40. The number of nitrogens with one attached hydrogen (secondary N) is 1. The number of fused-ring (bicyclic) bond motifs is 1. The SMILES string of the molecule is [B]c1cnn2c(NCc3cccnc3)cc(C3CCCN(C(=O)Cc4ccccc4)C3)nc12. The van der Waals surface area contributed by atoms with Crippen LogP contribution >= 0.6 is 0 Å². The number of benzene rings is 1. The number of amides is 1. The molecule has 1 fully saturated rings. The maximum atomic E-state index is 12.9. The summed E-state index contributed by atoms with van der Waals surface area (Å²) in [5.74, 6) is 1.13. The number of anilines is 1. The smallest absolute Gasteiger partial charge is 0.227 e. The van der Waals surface area contributed by atoms with Gasteiger partial charge in [-0.05, 0) is 35.5 Å². The van der Waals surface area contributed by atoms with E-state index in [4.69, 9.17) is 12.8 Å². The molecule has 4 aromatic rings. The summed E-state index contributed by atoms with van der Waals surface area (Å²) in [5, 5.41) is 7.84. The fourth-order valence-corrected chi connectivity index (χ4v) is 4.36. The molecule has 0 bridgehead atoms. The van der Waals surface area contributed by atoms with Gasteiger partial charge in [-0.2, -0.15) is 9.61 Å². The molecule has 0 aliphatic carbocycles. The Bertz CT molecular complexity index is 1240. The zero-order valence-electron chi connectivity index (χ0n) is 18.4. The van der Waals surface area contributed by atoms with Crippen LogP contribution in [0.5, 0.6) is 0 Å². The van der Waals surface area contributed by atoms with Crippen LogP contribution in [0.1, 0.15) is 35.6 Å². The number of nitrogens with zero attached hydrogens (tertiary/aromatic N) is 5. The van der Waals surface area contributed by atoms with E-state index in [2.05, 4.69) is 15.4 Å². The van der Waals surface area contributed by atoms with Gasteiger partial charge in [-0.3, -0.25) is 9.78 Å². The standard InChI is InChI=1S/C25H25BN6O/c26-21-16-29-32-23(28-15-19-8-4-10-27-14-19)13-22(30-25(21)32)20-9-5-11-31(17-20)24(33)12-18-6-2-1-3-7-18/h1-4,6-8,10,13-14,16,20,28H,5,9,11-12,15,17H2. The first-order valence-corrected chi connectivity index (χ1v) is 11.3. The minimum absolute atomic E-state index is 0.150. The molecule has 164 valence electrons. The lowest BCUT2D eigenvalue weighted by atomic mass is 9.93. The van der Waals surface area contributed by atoms with Gasteiger partial charge in [0, 0.05) is 50.2 Å². The summed E-state index contributed by atoms with van der Waals surface area (Å²) in [4.78, 5) is 23.9. The average molecular weight is 436 g/mol. The van der Waals surface area contributed by atoms with Crippen molar-refractivity contribution in [3.63, 3.8) is 0 Å². The third-order valence-corrected chi connectivity index (χ3v) is 6.11. The van der Waals surface area contributed by atoms with Crippen molar-refractivity contribution < 1.29 is 4.79 Å². The summed E-state index contributed by atoms with van der Waals surface area (Å²) in [6.45, 7) is 2.05. The van der Waals surface area contributed by atoms with Crippen molar-refractivity contribution in [2.75, 3.05) is 18.4 Å². The Morgan fingerprint density at radius 1 is 1.12 bits per heavy atom. The summed E-state index contributed by atoms with van der Waals surface area (Å²) >= 11 is 0. The number of carbonyl (C=O) groups excluding carboxylic acids is 1. The molecular weight excluding hydrogens is 411 g/mol. The van der Waals surface area contributed by atoms with Crippen LogP contribution in [-0.2, 0) is 17.8 Å². The van der Waals surface area contributed by atoms with E-state index in [-0.39, 0.29) is 11.8 Å². The van der Waals surface area contributed by atoms with E-state index in [0.29, 0.717) is 30.6 Å². The third-order valence-electron chi connectivity index (χ3n) is 6.11. The van der Waals surface area contributed by atoms with Crippen molar-refractivity contribution >= 4 is 30.7 Å². The van der Waals surface area contributed by atoms with E-state index in [9.17, 15) is 4.79 Å². The maximum Gasteiger partial charge on any atom is 0.227 e. The van der Waals surface area contributed by atoms with Gasteiger partial charge in [0.05, 0.1) is 12.1 Å². The zero-order chi connectivity index (χ0) is 22.6. The maximum absolute atomic E-state index is 12.9. The Kier molecular flexibility index (Phi) is 6.06. The minimum Gasteiger partial charge on any atom is -0.366 e. The van der Waals surface area contributed by atoms with Crippen LogP contribution in [-0.4, -0.2) is 51.3 Å². The molecule has 0 saturated carbocycles. The van der Waals surface area contributed by atoms with Gasteiger partial charge < -0.3 is 10.2 Å². The summed E-state index contributed by atoms with van der Waals surface area (Å²) in [6.07, 6.45) is 7.57. The molecule has 1 saturated heterocycles. The topological polar surface area (TPSA) is 75.4 Å². The molecule has 3 aromatic heterocycles. The number of likely N-dealkylation sites (tertiary alicyclic amines) is 1. The number of carbonyl (C=O) groups is 1. The molecule has 1 N–H and O–H groups in total. The highest BCUT2D eigenvalue weighted by Gasteiger charge is 2.26. The molecule has 33 heavy (non-hydrogen) atoms. The first-order valence-electron chi connectivity index (χ1n) is 11.3. The second-order valence-electron chi connectivity index (χ2n) is 8.46. The summed E-state index contributed by atoms with van der Waals surface area (Å²) in [5.41, 5.74) is 4.21. The Labute approximate surface area is 194 Å². The quantitative estimate of drug-likeness (QED) is 0.470. The molecule has 5 rings (SSSR count). The van der Waals surface area contributed by atoms with E-state index in [1.165, 1.54) is 0 Å². The van der Waals surface area contributed by atoms with Gasteiger partial charge in [0.2, 0.25) is 5.91 Å². The monoisotopic (exact) mass is 436 g/mol. The number of hydrogen-bond donors (Lipinski definition) is 1. The highest BCUT2D eigenvalue weighted by molar-refractivity contribution is 6.36. The molecule has 1 aliphatic heterocycles. The predicted molar refractivity (Wildman–Crippen MR) is 129 cm³/mol. The predicted octanol–water partition coefficient (Wildman–Crippen LogP) is 2.48. The van der Waals surface area contributed by atoms with Crippen LogP contribution in [0.2, 0.25) is 0 Å². The van der Waals surface area contributed by atoms with Crippen LogP contribution in [0.3, 0.4) is 0 Å². The molecule has 1 amide bonds.